The van der Waals surface area contributed by atoms with Crippen molar-refractivity contribution in [3.63, 3.8) is 0 Å². The molecule has 0 amide bonds. The van der Waals surface area contributed by atoms with Crippen molar-refractivity contribution in [2.24, 2.45) is 0 Å². The summed E-state index contributed by atoms with van der Waals surface area (Å²) < 4.78 is 15.1. The number of hydrogen-bond acceptors (Lipinski definition) is 4. The first kappa shape index (κ1) is 16.8. The molecule has 4 heterocycles. The Morgan fingerprint density at radius 3 is 2.67 bits per heavy atom. The second kappa shape index (κ2) is 6.45. The van der Waals surface area contributed by atoms with Crippen molar-refractivity contribution in [1.29, 1.82) is 0 Å². The summed E-state index contributed by atoms with van der Waals surface area (Å²) in [4.78, 5) is 12.1. The van der Waals surface area contributed by atoms with E-state index in [4.69, 9.17) is 0 Å². The van der Waals surface area contributed by atoms with E-state index in [0.717, 1.165) is 49.7 Å². The first-order valence-electron chi connectivity index (χ1n) is 9.54. The molecule has 0 bridgehead atoms. The average Bonchev–Trinajstić information content (AvgIpc) is 3.41. The number of benzene rings is 2. The molecule has 4 aromatic heterocycles. The third-order valence-corrected chi connectivity index (χ3v) is 5.32. The standard InChI is InChI=1S/C23H15FN6/c24-18-4-1-14(2-5-18)13-30-22-19-10-15(3-6-20(19)26-12-21(22)28-29-30)17-9-16-7-8-25-23(16)27-11-17/h1-12H,13H2,(H,25,27). The number of pyridine rings is 2. The normalized spacial score (nSPS) is 11.6. The summed E-state index contributed by atoms with van der Waals surface area (Å²) >= 11 is 0. The van der Waals surface area contributed by atoms with Crippen LogP contribution in [0.25, 0.3) is 44.1 Å². The van der Waals surface area contributed by atoms with Crippen LogP contribution in [0.2, 0.25) is 0 Å². The van der Waals surface area contributed by atoms with Gasteiger partial charge in [-0.3, -0.25) is 4.98 Å². The molecule has 0 radical (unpaired) electrons. The van der Waals surface area contributed by atoms with Gasteiger partial charge in [-0.2, -0.15) is 0 Å². The van der Waals surface area contributed by atoms with Crippen LogP contribution in [-0.2, 0) is 6.54 Å². The number of nitrogens with one attached hydrogen (secondary N) is 1. The van der Waals surface area contributed by atoms with Crippen LogP contribution in [0.15, 0.2) is 73.2 Å². The largest absolute Gasteiger partial charge is 0.346 e. The maximum Gasteiger partial charge on any atom is 0.137 e. The highest BCUT2D eigenvalue weighted by Crippen LogP contribution is 2.29. The molecule has 0 unspecified atom stereocenters. The van der Waals surface area contributed by atoms with Crippen LogP contribution in [0, 0.1) is 5.82 Å². The fourth-order valence-electron chi connectivity index (χ4n) is 3.81. The Morgan fingerprint density at radius 2 is 1.77 bits per heavy atom. The minimum absolute atomic E-state index is 0.255. The summed E-state index contributed by atoms with van der Waals surface area (Å²) in [6, 6.07) is 16.7. The summed E-state index contributed by atoms with van der Waals surface area (Å²) in [6.45, 7) is 0.497. The molecule has 0 atom stereocenters. The maximum atomic E-state index is 13.3. The van der Waals surface area contributed by atoms with Crippen LogP contribution in [0.4, 0.5) is 4.39 Å². The number of rotatable bonds is 3. The van der Waals surface area contributed by atoms with Gasteiger partial charge in [-0.05, 0) is 47.5 Å². The van der Waals surface area contributed by atoms with Gasteiger partial charge in [0.25, 0.3) is 0 Å². The van der Waals surface area contributed by atoms with E-state index < -0.39 is 0 Å². The minimum atomic E-state index is -0.255. The summed E-state index contributed by atoms with van der Waals surface area (Å²) in [7, 11) is 0. The molecular weight excluding hydrogens is 379 g/mol. The Morgan fingerprint density at radius 1 is 0.867 bits per heavy atom. The van der Waals surface area contributed by atoms with E-state index >= 15 is 0 Å². The lowest BCUT2D eigenvalue weighted by Gasteiger charge is -2.07. The quantitative estimate of drug-likeness (QED) is 0.472. The molecule has 7 heteroatoms. The summed E-state index contributed by atoms with van der Waals surface area (Å²) in [6.07, 6.45) is 5.48. The van der Waals surface area contributed by atoms with Gasteiger partial charge in [0.2, 0.25) is 0 Å². The van der Waals surface area contributed by atoms with E-state index in [9.17, 15) is 4.39 Å². The summed E-state index contributed by atoms with van der Waals surface area (Å²) in [5.74, 6) is -0.255. The van der Waals surface area contributed by atoms with Crippen LogP contribution >= 0.6 is 0 Å². The predicted molar refractivity (Wildman–Crippen MR) is 113 cm³/mol. The third-order valence-electron chi connectivity index (χ3n) is 5.32. The highest BCUT2D eigenvalue weighted by molar-refractivity contribution is 6.03. The van der Waals surface area contributed by atoms with Gasteiger partial charge >= 0.3 is 0 Å². The van der Waals surface area contributed by atoms with Gasteiger partial charge in [0.15, 0.2) is 0 Å². The number of aromatic nitrogens is 6. The van der Waals surface area contributed by atoms with Crippen molar-refractivity contribution in [3.8, 4) is 11.1 Å². The fourth-order valence-corrected chi connectivity index (χ4v) is 3.81. The van der Waals surface area contributed by atoms with Crippen molar-refractivity contribution >= 4 is 33.0 Å². The lowest BCUT2D eigenvalue weighted by Crippen LogP contribution is -2.02. The van der Waals surface area contributed by atoms with Gasteiger partial charge in [0, 0.05) is 28.7 Å². The van der Waals surface area contributed by atoms with Crippen molar-refractivity contribution < 1.29 is 4.39 Å². The molecule has 0 aliphatic rings. The molecule has 0 saturated carbocycles. The van der Waals surface area contributed by atoms with Crippen LogP contribution in [-0.4, -0.2) is 29.9 Å². The van der Waals surface area contributed by atoms with Gasteiger partial charge < -0.3 is 4.98 Å². The molecule has 2 aromatic carbocycles. The molecular formula is C23H15FN6. The monoisotopic (exact) mass is 394 g/mol. The van der Waals surface area contributed by atoms with Crippen molar-refractivity contribution in [2.45, 2.75) is 6.54 Å². The molecule has 30 heavy (non-hydrogen) atoms. The first-order valence-corrected chi connectivity index (χ1v) is 9.54. The van der Waals surface area contributed by atoms with E-state index in [2.05, 4.69) is 37.4 Å². The minimum Gasteiger partial charge on any atom is -0.346 e. The van der Waals surface area contributed by atoms with E-state index in [1.165, 1.54) is 12.1 Å². The van der Waals surface area contributed by atoms with Gasteiger partial charge in [-0.25, -0.2) is 14.1 Å². The van der Waals surface area contributed by atoms with Crippen LogP contribution in [0.1, 0.15) is 5.56 Å². The van der Waals surface area contributed by atoms with Crippen LogP contribution in [0.5, 0.6) is 0 Å². The number of hydrogen-bond donors (Lipinski definition) is 1. The van der Waals surface area contributed by atoms with Gasteiger partial charge in [-0.15, -0.1) is 5.10 Å². The third kappa shape index (κ3) is 2.71. The number of halogens is 1. The number of fused-ring (bicyclic) bond motifs is 4. The number of H-pyrrole nitrogens is 1. The Kier molecular flexibility index (Phi) is 3.61. The molecule has 6 rings (SSSR count). The second-order valence-electron chi connectivity index (χ2n) is 7.24. The lowest BCUT2D eigenvalue weighted by molar-refractivity contribution is 0.624. The van der Waals surface area contributed by atoms with Crippen LogP contribution in [0.3, 0.4) is 0 Å². The Labute approximate surface area is 170 Å². The molecule has 0 spiro atoms. The lowest BCUT2D eigenvalue weighted by atomic mass is 10.0. The zero-order valence-corrected chi connectivity index (χ0v) is 15.7. The fraction of sp³-hybridized carbons (Fsp3) is 0.0435. The summed E-state index contributed by atoms with van der Waals surface area (Å²) in [5, 5.41) is 10.6. The topological polar surface area (TPSA) is 72.3 Å². The SMILES string of the molecule is Fc1ccc(Cn2nnc3cnc4ccc(-c5cnc6[nH]ccc6c5)cc4c32)cc1. The Bertz CT molecular complexity index is 1530. The van der Waals surface area contributed by atoms with Crippen molar-refractivity contribution in [1.82, 2.24) is 29.9 Å². The van der Waals surface area contributed by atoms with E-state index in [0.29, 0.717) is 6.54 Å². The smallest absolute Gasteiger partial charge is 0.137 e. The maximum absolute atomic E-state index is 13.3. The van der Waals surface area contributed by atoms with Crippen LogP contribution < -0.4 is 0 Å². The van der Waals surface area contributed by atoms with Gasteiger partial charge in [0.05, 0.1) is 18.3 Å². The highest BCUT2D eigenvalue weighted by atomic mass is 19.1. The molecule has 0 aliphatic carbocycles. The van der Waals surface area contributed by atoms with E-state index in [1.807, 2.05) is 35.3 Å². The van der Waals surface area contributed by atoms with E-state index in [-0.39, 0.29) is 5.82 Å². The second-order valence-corrected chi connectivity index (χ2v) is 7.24. The van der Waals surface area contributed by atoms with Crippen molar-refractivity contribution in [3.05, 3.63) is 84.6 Å². The summed E-state index contributed by atoms with van der Waals surface area (Å²) in [5.41, 5.74) is 6.38. The molecule has 0 aliphatic heterocycles. The molecule has 0 fully saturated rings. The number of nitrogens with zero attached hydrogens (tertiary/aromatic N) is 5. The predicted octanol–water partition coefficient (Wildman–Crippen LogP) is 4.71. The zero-order chi connectivity index (χ0) is 20.1. The Hall–Kier alpha value is -4.13. The molecule has 1 N–H and O–H groups in total. The zero-order valence-electron chi connectivity index (χ0n) is 15.7. The van der Waals surface area contributed by atoms with Gasteiger partial charge in [-0.1, -0.05) is 23.4 Å². The molecule has 6 nitrogen and oxygen atoms in total. The highest BCUT2D eigenvalue weighted by Gasteiger charge is 2.12. The Balaban J connectivity index is 1.52. The molecule has 6 aromatic rings. The number of aromatic amines is 1. The average molecular weight is 394 g/mol. The van der Waals surface area contributed by atoms with E-state index in [1.54, 1.807) is 18.3 Å². The van der Waals surface area contributed by atoms with Crippen molar-refractivity contribution in [2.75, 3.05) is 0 Å². The van der Waals surface area contributed by atoms with Gasteiger partial charge in [0.1, 0.15) is 22.5 Å². The molecule has 144 valence electrons. The first-order chi connectivity index (χ1) is 14.7. The molecule has 0 saturated heterocycles.